The Kier molecular flexibility index (Phi) is 4.08. The molecule has 0 atom stereocenters. The Bertz CT molecular complexity index is 508. The Hall–Kier alpha value is -0.990. The predicted molar refractivity (Wildman–Crippen MR) is 74.1 cm³/mol. The summed E-state index contributed by atoms with van der Waals surface area (Å²) in [5, 5.41) is 0.688. The van der Waals surface area contributed by atoms with E-state index in [1.807, 2.05) is 42.7 Å². The van der Waals surface area contributed by atoms with Crippen LogP contribution >= 0.6 is 23.4 Å². The first-order chi connectivity index (χ1) is 8.20. The van der Waals surface area contributed by atoms with E-state index >= 15 is 0 Å². The molecule has 0 amide bonds. The zero-order chi connectivity index (χ0) is 12.3. The van der Waals surface area contributed by atoms with Gasteiger partial charge in [0, 0.05) is 10.8 Å². The molecule has 0 bridgehead atoms. The van der Waals surface area contributed by atoms with Gasteiger partial charge >= 0.3 is 0 Å². The van der Waals surface area contributed by atoms with Crippen molar-refractivity contribution in [2.24, 2.45) is 0 Å². The molecule has 0 aliphatic rings. The minimum absolute atomic E-state index is 0.146. The molecular weight excluding hydrogens is 255 g/mol. The quantitative estimate of drug-likeness (QED) is 0.753. The lowest BCUT2D eigenvalue weighted by molar-refractivity contribution is 0.618. The molecule has 3 heteroatoms. The molecular formula is C14H12ClFS. The molecule has 0 saturated heterocycles. The van der Waals surface area contributed by atoms with Crippen molar-refractivity contribution in [2.45, 2.75) is 5.75 Å². The van der Waals surface area contributed by atoms with Crippen LogP contribution in [-0.4, -0.2) is 6.26 Å². The Morgan fingerprint density at radius 3 is 2.29 bits per heavy atom. The lowest BCUT2D eigenvalue weighted by Crippen LogP contribution is -1.88. The highest BCUT2D eigenvalue weighted by atomic mass is 35.5. The summed E-state index contributed by atoms with van der Waals surface area (Å²) in [6, 6.07) is 12.8. The van der Waals surface area contributed by atoms with Crippen molar-refractivity contribution in [2.75, 3.05) is 6.26 Å². The molecule has 2 aromatic rings. The van der Waals surface area contributed by atoms with Crippen molar-refractivity contribution in [3.8, 4) is 11.1 Å². The van der Waals surface area contributed by atoms with Crippen molar-refractivity contribution in [3.05, 3.63) is 58.9 Å². The van der Waals surface area contributed by atoms with Crippen LogP contribution in [0.2, 0.25) is 5.02 Å². The maximum atomic E-state index is 13.8. The Morgan fingerprint density at radius 2 is 1.71 bits per heavy atom. The normalized spacial score (nSPS) is 10.5. The monoisotopic (exact) mass is 266 g/mol. The average molecular weight is 267 g/mol. The molecule has 0 aliphatic carbocycles. The van der Waals surface area contributed by atoms with E-state index in [0.29, 0.717) is 10.8 Å². The number of hydrogen-bond acceptors (Lipinski definition) is 1. The molecule has 0 saturated carbocycles. The van der Waals surface area contributed by atoms with Gasteiger partial charge in [-0.3, -0.25) is 0 Å². The number of hydrogen-bond donors (Lipinski definition) is 0. The topological polar surface area (TPSA) is 0 Å². The van der Waals surface area contributed by atoms with E-state index in [2.05, 4.69) is 0 Å². The molecule has 0 N–H and O–H groups in total. The van der Waals surface area contributed by atoms with E-state index in [4.69, 9.17) is 11.6 Å². The molecule has 0 aliphatic heterocycles. The molecule has 17 heavy (non-hydrogen) atoms. The van der Waals surface area contributed by atoms with Crippen LogP contribution in [0.5, 0.6) is 0 Å². The van der Waals surface area contributed by atoms with Crippen LogP contribution < -0.4 is 0 Å². The highest BCUT2D eigenvalue weighted by molar-refractivity contribution is 7.97. The van der Waals surface area contributed by atoms with E-state index in [1.165, 1.54) is 0 Å². The van der Waals surface area contributed by atoms with Gasteiger partial charge in [-0.15, -0.1) is 0 Å². The molecule has 0 heterocycles. The number of rotatable bonds is 3. The third-order valence-electron chi connectivity index (χ3n) is 2.53. The minimum atomic E-state index is -0.146. The third-order valence-corrected chi connectivity index (χ3v) is 3.38. The molecule has 0 radical (unpaired) electrons. The average Bonchev–Trinajstić information content (AvgIpc) is 2.33. The Balaban J connectivity index is 2.34. The van der Waals surface area contributed by atoms with E-state index in [-0.39, 0.29) is 5.82 Å². The van der Waals surface area contributed by atoms with Crippen LogP contribution in [0, 0.1) is 5.82 Å². The van der Waals surface area contributed by atoms with Crippen molar-refractivity contribution in [1.82, 2.24) is 0 Å². The van der Waals surface area contributed by atoms with Gasteiger partial charge in [-0.1, -0.05) is 35.9 Å². The fourth-order valence-electron chi connectivity index (χ4n) is 1.64. The predicted octanol–water partition coefficient (Wildman–Crippen LogP) is 5.01. The molecule has 0 fully saturated rings. The Labute approximate surface area is 110 Å². The van der Waals surface area contributed by atoms with Gasteiger partial charge in [-0.05, 0) is 41.1 Å². The molecule has 2 rings (SSSR count). The second-order valence-electron chi connectivity index (χ2n) is 3.75. The van der Waals surface area contributed by atoms with Crippen LogP contribution in [-0.2, 0) is 5.75 Å². The summed E-state index contributed by atoms with van der Waals surface area (Å²) in [5.74, 6) is 0.555. The SMILES string of the molecule is CSCc1ccc(-c2ccc(Cl)cc2)cc1F. The lowest BCUT2D eigenvalue weighted by Gasteiger charge is -2.05. The van der Waals surface area contributed by atoms with E-state index < -0.39 is 0 Å². The van der Waals surface area contributed by atoms with Crippen LogP contribution in [0.3, 0.4) is 0 Å². The molecule has 2 aromatic carbocycles. The summed E-state index contributed by atoms with van der Waals surface area (Å²) >= 11 is 7.44. The van der Waals surface area contributed by atoms with Gasteiger partial charge in [0.05, 0.1) is 0 Å². The maximum absolute atomic E-state index is 13.8. The minimum Gasteiger partial charge on any atom is -0.207 e. The number of halogens is 2. The highest BCUT2D eigenvalue weighted by Gasteiger charge is 2.04. The molecule has 0 aromatic heterocycles. The molecule has 88 valence electrons. The number of benzene rings is 2. The summed E-state index contributed by atoms with van der Waals surface area (Å²) in [7, 11) is 0. The van der Waals surface area contributed by atoms with Crippen molar-refractivity contribution >= 4 is 23.4 Å². The van der Waals surface area contributed by atoms with Crippen molar-refractivity contribution in [3.63, 3.8) is 0 Å². The molecule has 0 nitrogen and oxygen atoms in total. The van der Waals surface area contributed by atoms with Crippen molar-refractivity contribution in [1.29, 1.82) is 0 Å². The van der Waals surface area contributed by atoms with Gasteiger partial charge < -0.3 is 0 Å². The van der Waals surface area contributed by atoms with Crippen molar-refractivity contribution < 1.29 is 4.39 Å². The summed E-state index contributed by atoms with van der Waals surface area (Å²) in [6.07, 6.45) is 1.96. The van der Waals surface area contributed by atoms with Gasteiger partial charge in [0.2, 0.25) is 0 Å². The first-order valence-corrected chi connectivity index (χ1v) is 7.01. The summed E-state index contributed by atoms with van der Waals surface area (Å²) in [4.78, 5) is 0. The zero-order valence-electron chi connectivity index (χ0n) is 9.41. The number of thioether (sulfide) groups is 1. The first-order valence-electron chi connectivity index (χ1n) is 5.24. The van der Waals surface area contributed by atoms with Gasteiger partial charge in [0.15, 0.2) is 0 Å². The Morgan fingerprint density at radius 1 is 1.06 bits per heavy atom. The van der Waals surface area contributed by atoms with E-state index in [1.54, 1.807) is 17.8 Å². The molecule has 0 spiro atoms. The van der Waals surface area contributed by atoms with Gasteiger partial charge in [0.1, 0.15) is 5.82 Å². The van der Waals surface area contributed by atoms with Gasteiger partial charge in [0.25, 0.3) is 0 Å². The van der Waals surface area contributed by atoms with E-state index in [0.717, 1.165) is 16.7 Å². The maximum Gasteiger partial charge on any atom is 0.127 e. The highest BCUT2D eigenvalue weighted by Crippen LogP contribution is 2.24. The summed E-state index contributed by atoms with van der Waals surface area (Å²) < 4.78 is 13.8. The van der Waals surface area contributed by atoms with Gasteiger partial charge in [-0.2, -0.15) is 11.8 Å². The second-order valence-corrected chi connectivity index (χ2v) is 5.05. The van der Waals surface area contributed by atoms with E-state index in [9.17, 15) is 4.39 Å². The lowest BCUT2D eigenvalue weighted by atomic mass is 10.0. The standard InChI is InChI=1S/C14H12ClFS/c1-17-9-12-3-2-11(8-14(12)16)10-4-6-13(15)7-5-10/h2-8H,9H2,1H3. The third kappa shape index (κ3) is 3.02. The fourth-order valence-corrected chi connectivity index (χ4v) is 2.31. The first kappa shape index (κ1) is 12.5. The zero-order valence-corrected chi connectivity index (χ0v) is 11.0. The fraction of sp³-hybridized carbons (Fsp3) is 0.143. The molecule has 0 unspecified atom stereocenters. The summed E-state index contributed by atoms with van der Waals surface area (Å²) in [6.45, 7) is 0. The largest absolute Gasteiger partial charge is 0.207 e. The van der Waals surface area contributed by atoms with Crippen LogP contribution in [0.25, 0.3) is 11.1 Å². The second kappa shape index (κ2) is 5.56. The van der Waals surface area contributed by atoms with Crippen LogP contribution in [0.1, 0.15) is 5.56 Å². The summed E-state index contributed by atoms with van der Waals surface area (Å²) in [5.41, 5.74) is 2.60. The van der Waals surface area contributed by atoms with Crippen LogP contribution in [0.15, 0.2) is 42.5 Å². The van der Waals surface area contributed by atoms with Gasteiger partial charge in [-0.25, -0.2) is 4.39 Å². The van der Waals surface area contributed by atoms with Crippen LogP contribution in [0.4, 0.5) is 4.39 Å². The smallest absolute Gasteiger partial charge is 0.127 e.